The van der Waals surface area contributed by atoms with Gasteiger partial charge in [-0.25, -0.2) is 0 Å². The van der Waals surface area contributed by atoms with Crippen LogP contribution >= 0.6 is 0 Å². The quantitative estimate of drug-likeness (QED) is 0.188. The standard InChI is InChI=1S/C36H30F3N/c1-26-15-19-30(20-16-26)40(31-21-17-27(2)18-22-31)35-24-23-32(33-13-6-7-14-34(33)35)29(25-36(37,38)39)12-8-11-28-9-4-3-5-10-28/h3-24H,25H2,1-2H3. The minimum atomic E-state index is -4.35. The van der Waals surface area contributed by atoms with Crippen LogP contribution in [0.3, 0.4) is 0 Å². The average molecular weight is 534 g/mol. The number of anilines is 3. The Morgan fingerprint density at radius 3 is 1.77 bits per heavy atom. The summed E-state index contributed by atoms with van der Waals surface area (Å²) in [6.07, 6.45) is -0.260. The number of fused-ring (bicyclic) bond motifs is 1. The zero-order valence-electron chi connectivity index (χ0n) is 22.5. The van der Waals surface area contributed by atoms with E-state index in [2.05, 4.69) is 53.4 Å². The molecule has 40 heavy (non-hydrogen) atoms. The van der Waals surface area contributed by atoms with Gasteiger partial charge in [0.1, 0.15) is 0 Å². The second-order valence-corrected chi connectivity index (χ2v) is 9.94. The van der Waals surface area contributed by atoms with Crippen LogP contribution < -0.4 is 4.90 Å². The number of halogens is 3. The molecule has 0 saturated carbocycles. The van der Waals surface area contributed by atoms with Gasteiger partial charge in [-0.3, -0.25) is 0 Å². The van der Waals surface area contributed by atoms with Gasteiger partial charge in [-0.2, -0.15) is 13.2 Å². The molecule has 0 spiro atoms. The Balaban J connectivity index is 1.67. The third kappa shape index (κ3) is 6.35. The molecule has 0 bridgehead atoms. The van der Waals surface area contributed by atoms with Crippen molar-refractivity contribution in [3.8, 4) is 0 Å². The average Bonchev–Trinajstić information content (AvgIpc) is 2.95. The van der Waals surface area contributed by atoms with E-state index in [1.807, 2.05) is 86.7 Å². The normalized spacial score (nSPS) is 12.3. The van der Waals surface area contributed by atoms with Crippen molar-refractivity contribution in [2.75, 3.05) is 4.90 Å². The van der Waals surface area contributed by atoms with Crippen molar-refractivity contribution in [2.45, 2.75) is 26.4 Å². The van der Waals surface area contributed by atoms with E-state index in [0.29, 0.717) is 5.56 Å². The highest BCUT2D eigenvalue weighted by molar-refractivity contribution is 6.04. The maximum atomic E-state index is 13.8. The summed E-state index contributed by atoms with van der Waals surface area (Å²) in [5.74, 6) is 0. The highest BCUT2D eigenvalue weighted by atomic mass is 19.4. The van der Waals surface area contributed by atoms with E-state index in [-0.39, 0.29) is 5.57 Å². The van der Waals surface area contributed by atoms with Gasteiger partial charge in [-0.05, 0) is 66.3 Å². The van der Waals surface area contributed by atoms with E-state index in [9.17, 15) is 13.2 Å². The summed E-state index contributed by atoms with van der Waals surface area (Å²) >= 11 is 0. The van der Waals surface area contributed by atoms with Gasteiger partial charge in [0.2, 0.25) is 0 Å². The van der Waals surface area contributed by atoms with E-state index in [1.165, 1.54) is 0 Å². The number of hydrogen-bond acceptors (Lipinski definition) is 1. The Morgan fingerprint density at radius 1 is 0.650 bits per heavy atom. The SMILES string of the molecule is Cc1ccc(N(c2ccc(C)cc2)c2ccc(C(=CC=Cc3ccccc3)CC(F)(F)F)c3ccccc23)cc1. The molecule has 0 atom stereocenters. The van der Waals surface area contributed by atoms with Crippen LogP contribution in [0, 0.1) is 13.8 Å². The summed E-state index contributed by atoms with van der Waals surface area (Å²) < 4.78 is 41.4. The molecule has 0 amide bonds. The molecule has 4 heteroatoms. The fourth-order valence-corrected chi connectivity index (χ4v) is 4.87. The number of hydrogen-bond donors (Lipinski definition) is 0. The Hall–Kier alpha value is -4.57. The predicted molar refractivity (Wildman–Crippen MR) is 162 cm³/mol. The first kappa shape index (κ1) is 27.0. The minimum absolute atomic E-state index is 0.222. The topological polar surface area (TPSA) is 3.24 Å². The molecular weight excluding hydrogens is 503 g/mol. The van der Waals surface area contributed by atoms with Crippen molar-refractivity contribution in [1.82, 2.24) is 0 Å². The van der Waals surface area contributed by atoms with Gasteiger partial charge in [0, 0.05) is 16.8 Å². The molecule has 0 saturated heterocycles. The van der Waals surface area contributed by atoms with Crippen LogP contribution in [0.2, 0.25) is 0 Å². The van der Waals surface area contributed by atoms with Gasteiger partial charge in [0.15, 0.2) is 0 Å². The van der Waals surface area contributed by atoms with Crippen molar-refractivity contribution in [3.63, 3.8) is 0 Å². The van der Waals surface area contributed by atoms with Crippen molar-refractivity contribution < 1.29 is 13.2 Å². The molecule has 5 aromatic rings. The highest BCUT2D eigenvalue weighted by Crippen LogP contribution is 2.42. The molecule has 0 radical (unpaired) electrons. The van der Waals surface area contributed by atoms with E-state index < -0.39 is 12.6 Å². The predicted octanol–water partition coefficient (Wildman–Crippen LogP) is 11.0. The first-order chi connectivity index (χ1) is 19.3. The first-order valence-electron chi connectivity index (χ1n) is 13.2. The van der Waals surface area contributed by atoms with Gasteiger partial charge in [-0.15, -0.1) is 0 Å². The summed E-state index contributed by atoms with van der Waals surface area (Å²) in [4.78, 5) is 2.16. The molecular formula is C36H30F3N. The second kappa shape index (κ2) is 11.7. The van der Waals surface area contributed by atoms with E-state index in [4.69, 9.17) is 0 Å². The fraction of sp³-hybridized carbons (Fsp3) is 0.111. The number of nitrogens with zero attached hydrogens (tertiary/aromatic N) is 1. The minimum Gasteiger partial charge on any atom is -0.310 e. The third-order valence-electron chi connectivity index (χ3n) is 6.85. The molecule has 0 aliphatic carbocycles. The largest absolute Gasteiger partial charge is 0.393 e. The lowest BCUT2D eigenvalue weighted by Crippen LogP contribution is -2.11. The molecule has 200 valence electrons. The lowest BCUT2D eigenvalue weighted by molar-refractivity contribution is -0.122. The van der Waals surface area contributed by atoms with Crippen LogP contribution in [0.4, 0.5) is 30.2 Å². The molecule has 5 aromatic carbocycles. The molecule has 5 rings (SSSR count). The van der Waals surface area contributed by atoms with Gasteiger partial charge < -0.3 is 4.90 Å². The van der Waals surface area contributed by atoms with Crippen LogP contribution in [-0.2, 0) is 0 Å². The number of alkyl halides is 3. The number of benzene rings is 5. The summed E-state index contributed by atoms with van der Waals surface area (Å²) in [6, 6.07) is 37.5. The lowest BCUT2D eigenvalue weighted by atomic mass is 9.94. The molecule has 0 heterocycles. The molecule has 0 unspecified atom stereocenters. The molecule has 0 aliphatic heterocycles. The number of rotatable bonds is 7. The van der Waals surface area contributed by atoms with Gasteiger partial charge in [0.25, 0.3) is 0 Å². The number of aryl methyl sites for hydroxylation is 2. The summed E-state index contributed by atoms with van der Waals surface area (Å²) in [6.45, 7) is 4.09. The maximum absolute atomic E-state index is 13.8. The van der Waals surface area contributed by atoms with Gasteiger partial charge in [0.05, 0.1) is 12.1 Å². The second-order valence-electron chi connectivity index (χ2n) is 9.94. The van der Waals surface area contributed by atoms with E-state index in [1.54, 1.807) is 12.2 Å². The van der Waals surface area contributed by atoms with Crippen molar-refractivity contribution in [1.29, 1.82) is 0 Å². The molecule has 0 aromatic heterocycles. The highest BCUT2D eigenvalue weighted by Gasteiger charge is 2.30. The molecule has 1 nitrogen and oxygen atoms in total. The van der Waals surface area contributed by atoms with Crippen LogP contribution in [0.25, 0.3) is 22.4 Å². The van der Waals surface area contributed by atoms with E-state index >= 15 is 0 Å². The molecule has 0 N–H and O–H groups in total. The van der Waals surface area contributed by atoms with Gasteiger partial charge >= 0.3 is 6.18 Å². The van der Waals surface area contributed by atoms with Crippen molar-refractivity contribution in [3.05, 3.63) is 150 Å². The summed E-state index contributed by atoms with van der Waals surface area (Å²) in [7, 11) is 0. The van der Waals surface area contributed by atoms with Crippen LogP contribution in [-0.4, -0.2) is 6.18 Å². The van der Waals surface area contributed by atoms with Crippen LogP contribution in [0.15, 0.2) is 127 Å². The molecule has 0 aliphatic rings. The molecule has 0 fully saturated rings. The fourth-order valence-electron chi connectivity index (χ4n) is 4.87. The van der Waals surface area contributed by atoms with Gasteiger partial charge in [-0.1, -0.05) is 114 Å². The Labute approximate surface area is 233 Å². The summed E-state index contributed by atoms with van der Waals surface area (Å²) in [5.41, 5.74) is 6.88. The zero-order chi connectivity index (χ0) is 28.1. The third-order valence-corrected chi connectivity index (χ3v) is 6.85. The monoisotopic (exact) mass is 533 g/mol. The zero-order valence-corrected chi connectivity index (χ0v) is 22.5. The van der Waals surface area contributed by atoms with Crippen molar-refractivity contribution >= 4 is 39.5 Å². The van der Waals surface area contributed by atoms with E-state index in [0.717, 1.165) is 44.5 Å². The number of allylic oxidation sites excluding steroid dienone is 3. The van der Waals surface area contributed by atoms with Crippen LogP contribution in [0.5, 0.6) is 0 Å². The Kier molecular flexibility index (Phi) is 7.88. The van der Waals surface area contributed by atoms with Crippen molar-refractivity contribution in [2.24, 2.45) is 0 Å². The van der Waals surface area contributed by atoms with Crippen LogP contribution in [0.1, 0.15) is 28.7 Å². The Morgan fingerprint density at radius 2 is 1.20 bits per heavy atom. The maximum Gasteiger partial charge on any atom is 0.393 e. The lowest BCUT2D eigenvalue weighted by Gasteiger charge is -2.28. The summed E-state index contributed by atoms with van der Waals surface area (Å²) in [5, 5.41) is 1.65. The Bertz CT molecular complexity index is 1600. The first-order valence-corrected chi connectivity index (χ1v) is 13.2. The smallest absolute Gasteiger partial charge is 0.310 e.